The Morgan fingerprint density at radius 2 is 1.84 bits per heavy atom. The molecule has 0 aliphatic heterocycles. The first-order valence-electron chi connectivity index (χ1n) is 9.33. The number of nitrogens with zero attached hydrogens (tertiary/aromatic N) is 1. The third-order valence-corrected chi connectivity index (χ3v) is 5.59. The molecule has 1 amide bonds. The van der Waals surface area contributed by atoms with Crippen molar-refractivity contribution in [3.05, 3.63) is 85.8 Å². The standard InChI is InChI=1S/C23H19BrCl2N2O4/c1-30-17-6-7-18(22(11-17)31-2)23(29)28-27-12-14-3-8-21(19(24)9-14)32-13-15-4-5-16(25)10-20(15)26/h3-12H,13H2,1-2H3,(H,28,29)/b27-12-. The summed E-state index contributed by atoms with van der Waals surface area (Å²) in [6, 6.07) is 15.6. The number of nitrogens with one attached hydrogen (secondary N) is 1. The number of hydrogen-bond acceptors (Lipinski definition) is 5. The van der Waals surface area contributed by atoms with Crippen molar-refractivity contribution >= 4 is 51.3 Å². The maximum Gasteiger partial charge on any atom is 0.275 e. The van der Waals surface area contributed by atoms with Crippen LogP contribution in [0, 0.1) is 0 Å². The zero-order chi connectivity index (χ0) is 23.1. The number of halogens is 3. The Morgan fingerprint density at radius 1 is 1.03 bits per heavy atom. The van der Waals surface area contributed by atoms with E-state index in [1.807, 2.05) is 18.2 Å². The molecule has 6 nitrogen and oxygen atoms in total. The van der Waals surface area contributed by atoms with Crippen molar-refractivity contribution < 1.29 is 19.0 Å². The monoisotopic (exact) mass is 536 g/mol. The number of amides is 1. The van der Waals surface area contributed by atoms with Gasteiger partial charge in [-0.3, -0.25) is 4.79 Å². The Hall–Kier alpha value is -2.74. The van der Waals surface area contributed by atoms with E-state index in [4.69, 9.17) is 37.4 Å². The van der Waals surface area contributed by atoms with Gasteiger partial charge in [-0.2, -0.15) is 5.10 Å². The van der Waals surface area contributed by atoms with Gasteiger partial charge in [-0.25, -0.2) is 5.43 Å². The van der Waals surface area contributed by atoms with E-state index in [-0.39, 0.29) is 0 Å². The lowest BCUT2D eigenvalue weighted by Gasteiger charge is -2.10. The van der Waals surface area contributed by atoms with Crippen LogP contribution in [0.15, 0.2) is 64.2 Å². The first kappa shape index (κ1) is 23.9. The predicted octanol–water partition coefficient (Wildman–Crippen LogP) is 6.12. The van der Waals surface area contributed by atoms with Crippen molar-refractivity contribution in [3.63, 3.8) is 0 Å². The minimum atomic E-state index is -0.403. The van der Waals surface area contributed by atoms with E-state index in [0.29, 0.717) is 39.5 Å². The summed E-state index contributed by atoms with van der Waals surface area (Å²) in [5.74, 6) is 1.22. The van der Waals surface area contributed by atoms with Crippen LogP contribution in [0.2, 0.25) is 10.0 Å². The number of carbonyl (C=O) groups excluding carboxylic acids is 1. The van der Waals surface area contributed by atoms with Crippen molar-refractivity contribution in [1.29, 1.82) is 0 Å². The van der Waals surface area contributed by atoms with E-state index in [1.54, 1.807) is 43.5 Å². The molecule has 0 aliphatic rings. The van der Waals surface area contributed by atoms with Gasteiger partial charge in [-0.05, 0) is 64.0 Å². The molecule has 1 N–H and O–H groups in total. The third-order valence-electron chi connectivity index (χ3n) is 4.39. The molecule has 0 saturated carbocycles. The van der Waals surface area contributed by atoms with Crippen LogP contribution in [0.4, 0.5) is 0 Å². The van der Waals surface area contributed by atoms with E-state index < -0.39 is 5.91 Å². The molecule has 9 heteroatoms. The molecule has 0 unspecified atom stereocenters. The van der Waals surface area contributed by atoms with Gasteiger partial charge < -0.3 is 14.2 Å². The zero-order valence-electron chi connectivity index (χ0n) is 17.2. The molecule has 0 bridgehead atoms. The highest BCUT2D eigenvalue weighted by atomic mass is 79.9. The van der Waals surface area contributed by atoms with Gasteiger partial charge in [0.15, 0.2) is 0 Å². The van der Waals surface area contributed by atoms with E-state index in [0.717, 1.165) is 15.6 Å². The van der Waals surface area contributed by atoms with Gasteiger partial charge in [-0.1, -0.05) is 29.3 Å². The van der Waals surface area contributed by atoms with Gasteiger partial charge in [0.1, 0.15) is 23.9 Å². The topological polar surface area (TPSA) is 69.2 Å². The van der Waals surface area contributed by atoms with Crippen LogP contribution in [-0.4, -0.2) is 26.3 Å². The smallest absolute Gasteiger partial charge is 0.275 e. The van der Waals surface area contributed by atoms with Crippen LogP contribution in [-0.2, 0) is 6.61 Å². The van der Waals surface area contributed by atoms with Crippen molar-refractivity contribution in [1.82, 2.24) is 5.43 Å². The zero-order valence-corrected chi connectivity index (χ0v) is 20.3. The van der Waals surface area contributed by atoms with E-state index >= 15 is 0 Å². The first-order valence-corrected chi connectivity index (χ1v) is 10.9. The molecular formula is C23H19BrCl2N2O4. The Labute approximate surface area is 204 Å². The molecule has 0 atom stereocenters. The number of ether oxygens (including phenoxy) is 3. The van der Waals surface area contributed by atoms with Crippen molar-refractivity contribution in [2.75, 3.05) is 14.2 Å². The Kier molecular flexibility index (Phi) is 8.39. The maximum absolute atomic E-state index is 12.4. The molecule has 32 heavy (non-hydrogen) atoms. The molecule has 166 valence electrons. The highest BCUT2D eigenvalue weighted by molar-refractivity contribution is 9.10. The van der Waals surface area contributed by atoms with E-state index in [2.05, 4.69) is 26.5 Å². The minimum Gasteiger partial charge on any atom is -0.497 e. The van der Waals surface area contributed by atoms with Crippen molar-refractivity contribution in [2.45, 2.75) is 6.61 Å². The van der Waals surface area contributed by atoms with Gasteiger partial charge in [-0.15, -0.1) is 0 Å². The molecular weight excluding hydrogens is 519 g/mol. The largest absolute Gasteiger partial charge is 0.497 e. The van der Waals surface area contributed by atoms with Gasteiger partial charge >= 0.3 is 0 Å². The lowest BCUT2D eigenvalue weighted by Crippen LogP contribution is -2.18. The summed E-state index contributed by atoms with van der Waals surface area (Å²) in [6.07, 6.45) is 1.53. The highest BCUT2D eigenvalue weighted by Gasteiger charge is 2.12. The number of hydrogen-bond donors (Lipinski definition) is 1. The van der Waals surface area contributed by atoms with Crippen LogP contribution in [0.5, 0.6) is 17.2 Å². The lowest BCUT2D eigenvalue weighted by molar-refractivity contribution is 0.0952. The molecule has 3 aromatic carbocycles. The predicted molar refractivity (Wildman–Crippen MR) is 130 cm³/mol. The number of methoxy groups -OCH3 is 2. The molecule has 3 rings (SSSR count). The number of benzene rings is 3. The average Bonchev–Trinajstić information content (AvgIpc) is 2.79. The average molecular weight is 538 g/mol. The van der Waals surface area contributed by atoms with Crippen molar-refractivity contribution in [3.8, 4) is 17.2 Å². The summed E-state index contributed by atoms with van der Waals surface area (Å²) >= 11 is 15.6. The summed E-state index contributed by atoms with van der Waals surface area (Å²) in [6.45, 7) is 0.293. The van der Waals surface area contributed by atoms with Gasteiger partial charge in [0, 0.05) is 21.7 Å². The van der Waals surface area contributed by atoms with Crippen molar-refractivity contribution in [2.24, 2.45) is 5.10 Å². The fraction of sp³-hybridized carbons (Fsp3) is 0.130. The molecule has 0 saturated heterocycles. The Balaban J connectivity index is 1.62. The van der Waals surface area contributed by atoms with Crippen LogP contribution in [0.1, 0.15) is 21.5 Å². The minimum absolute atomic E-state index is 0.293. The summed E-state index contributed by atoms with van der Waals surface area (Å²) in [7, 11) is 3.02. The van der Waals surface area contributed by atoms with E-state index in [1.165, 1.54) is 13.3 Å². The molecule has 0 heterocycles. The quantitative estimate of drug-likeness (QED) is 0.278. The first-order chi connectivity index (χ1) is 15.4. The molecule has 0 spiro atoms. The van der Waals surface area contributed by atoms with Crippen LogP contribution in [0.25, 0.3) is 0 Å². The summed E-state index contributed by atoms with van der Waals surface area (Å²) < 4.78 is 16.9. The molecule has 3 aromatic rings. The normalized spacial score (nSPS) is 10.8. The van der Waals surface area contributed by atoms with Crippen LogP contribution in [0.3, 0.4) is 0 Å². The third kappa shape index (κ3) is 6.16. The fourth-order valence-electron chi connectivity index (χ4n) is 2.72. The molecule has 0 aromatic heterocycles. The maximum atomic E-state index is 12.4. The van der Waals surface area contributed by atoms with Gasteiger partial charge in [0.25, 0.3) is 5.91 Å². The lowest BCUT2D eigenvalue weighted by atomic mass is 10.2. The number of carbonyl (C=O) groups is 1. The summed E-state index contributed by atoms with van der Waals surface area (Å²) in [4.78, 5) is 12.4. The molecule has 0 radical (unpaired) electrons. The SMILES string of the molecule is COc1ccc(C(=O)N/N=C\c2ccc(OCc3ccc(Cl)cc3Cl)c(Br)c2)c(OC)c1. The number of rotatable bonds is 8. The van der Waals surface area contributed by atoms with Gasteiger partial charge in [0.2, 0.25) is 0 Å². The Morgan fingerprint density at radius 3 is 2.53 bits per heavy atom. The molecule has 0 fully saturated rings. The highest BCUT2D eigenvalue weighted by Crippen LogP contribution is 2.28. The van der Waals surface area contributed by atoms with Crippen LogP contribution >= 0.6 is 39.1 Å². The second-order valence-corrected chi connectivity index (χ2v) is 8.18. The fourth-order valence-corrected chi connectivity index (χ4v) is 3.69. The second-order valence-electron chi connectivity index (χ2n) is 6.48. The summed E-state index contributed by atoms with van der Waals surface area (Å²) in [5, 5.41) is 5.13. The molecule has 0 aliphatic carbocycles. The van der Waals surface area contributed by atoms with Gasteiger partial charge in [0.05, 0.1) is 30.5 Å². The Bertz CT molecular complexity index is 1150. The number of hydrazone groups is 1. The summed E-state index contributed by atoms with van der Waals surface area (Å²) in [5.41, 5.74) is 4.42. The second kappa shape index (κ2) is 11.2. The van der Waals surface area contributed by atoms with E-state index in [9.17, 15) is 4.79 Å². The van der Waals surface area contributed by atoms with Crippen LogP contribution < -0.4 is 19.6 Å².